The van der Waals surface area contributed by atoms with Crippen molar-refractivity contribution in [1.82, 2.24) is 9.97 Å². The molecule has 0 aliphatic heterocycles. The number of benzene rings is 1. The number of aliphatic hydroxyl groups is 1. The predicted octanol–water partition coefficient (Wildman–Crippen LogP) is 3.62. The average molecular weight is 426 g/mol. The number of ether oxygens (including phenoxy) is 1. The van der Waals surface area contributed by atoms with Crippen molar-refractivity contribution in [3.63, 3.8) is 0 Å². The van der Waals surface area contributed by atoms with Gasteiger partial charge in [0.05, 0.1) is 35.0 Å². The van der Waals surface area contributed by atoms with Gasteiger partial charge in [-0.2, -0.15) is 5.26 Å². The Balaban J connectivity index is 0.00000101. The Kier molecular flexibility index (Phi) is 8.29. The van der Waals surface area contributed by atoms with Gasteiger partial charge in [-0.1, -0.05) is 13.0 Å². The Hall–Kier alpha value is -3.48. The molecule has 0 unspecified atom stereocenters. The fourth-order valence-electron chi connectivity index (χ4n) is 2.80. The number of rotatable bonds is 6. The Bertz CT molecular complexity index is 1060. The van der Waals surface area contributed by atoms with Gasteiger partial charge in [-0.15, -0.1) is 11.3 Å². The Morgan fingerprint density at radius 2 is 2.10 bits per heavy atom. The summed E-state index contributed by atoms with van der Waals surface area (Å²) in [5.74, 6) is 0.816. The summed E-state index contributed by atoms with van der Waals surface area (Å²) in [5, 5.41) is 26.2. The largest absolute Gasteiger partial charge is 0.493 e. The van der Waals surface area contributed by atoms with Crippen molar-refractivity contribution in [2.45, 2.75) is 26.9 Å². The predicted molar refractivity (Wildman–Crippen MR) is 115 cm³/mol. The molecule has 0 aliphatic carbocycles. The van der Waals surface area contributed by atoms with Gasteiger partial charge in [0, 0.05) is 11.1 Å². The monoisotopic (exact) mass is 426 g/mol. The maximum absolute atomic E-state index is 9.72. The quantitative estimate of drug-likeness (QED) is 0.507. The number of thiazole rings is 1. The number of nitrogens with two attached hydrogens (primary N) is 1. The number of hydrogen-bond donors (Lipinski definition) is 3. The maximum Gasteiger partial charge on any atom is 0.290 e. The van der Waals surface area contributed by atoms with Crippen molar-refractivity contribution >= 4 is 23.6 Å². The van der Waals surface area contributed by atoms with Crippen LogP contribution in [0.2, 0.25) is 0 Å². The van der Waals surface area contributed by atoms with E-state index in [1.807, 2.05) is 38.1 Å². The first-order valence-corrected chi connectivity index (χ1v) is 9.94. The minimum absolute atomic E-state index is 0.157. The van der Waals surface area contributed by atoms with Gasteiger partial charge in [0.25, 0.3) is 6.47 Å². The highest BCUT2D eigenvalue weighted by atomic mass is 32.1. The van der Waals surface area contributed by atoms with Crippen LogP contribution in [0.25, 0.3) is 21.7 Å². The molecule has 0 amide bonds. The van der Waals surface area contributed by atoms with Crippen LogP contribution in [0.3, 0.4) is 0 Å². The molecule has 0 saturated carbocycles. The third-order valence-corrected chi connectivity index (χ3v) is 5.09. The molecule has 156 valence electrons. The van der Waals surface area contributed by atoms with Crippen LogP contribution >= 0.6 is 11.3 Å². The van der Waals surface area contributed by atoms with Crippen molar-refractivity contribution < 1.29 is 19.7 Å². The third-order valence-electron chi connectivity index (χ3n) is 4.14. The molecule has 0 radical (unpaired) electrons. The summed E-state index contributed by atoms with van der Waals surface area (Å²) in [6.07, 6.45) is 0.879. The second-order valence-corrected chi connectivity index (χ2v) is 6.98. The number of aromatic nitrogens is 2. The van der Waals surface area contributed by atoms with Crippen LogP contribution < -0.4 is 10.5 Å². The number of nitrogen functional groups attached to an aromatic ring is 1. The zero-order chi connectivity index (χ0) is 22.1. The molecule has 1 aromatic carbocycles. The number of nitriles is 1. The number of pyridine rings is 1. The van der Waals surface area contributed by atoms with Crippen LogP contribution in [0.15, 0.2) is 29.8 Å². The summed E-state index contributed by atoms with van der Waals surface area (Å²) in [5.41, 5.74) is 11.8. The molecule has 3 aromatic rings. The van der Waals surface area contributed by atoms with E-state index in [0.29, 0.717) is 34.7 Å². The van der Waals surface area contributed by atoms with Gasteiger partial charge in [0.15, 0.2) is 0 Å². The smallest absolute Gasteiger partial charge is 0.290 e. The van der Waals surface area contributed by atoms with Gasteiger partial charge >= 0.3 is 0 Å². The van der Waals surface area contributed by atoms with Crippen LogP contribution in [0, 0.1) is 18.3 Å². The average Bonchev–Trinajstić information content (AvgIpc) is 3.18. The molecule has 8 nitrogen and oxygen atoms in total. The van der Waals surface area contributed by atoms with Gasteiger partial charge in [0.2, 0.25) is 0 Å². The van der Waals surface area contributed by atoms with Gasteiger partial charge in [-0.25, -0.2) is 9.97 Å². The van der Waals surface area contributed by atoms with E-state index in [1.54, 1.807) is 5.51 Å². The zero-order valence-electron chi connectivity index (χ0n) is 16.6. The fourth-order valence-corrected chi connectivity index (χ4v) is 3.56. The normalized spacial score (nSPS) is 9.93. The molecule has 0 saturated heterocycles. The van der Waals surface area contributed by atoms with Crippen molar-refractivity contribution in [2.24, 2.45) is 0 Å². The van der Waals surface area contributed by atoms with Crippen LogP contribution in [-0.2, 0) is 11.4 Å². The van der Waals surface area contributed by atoms with Crippen molar-refractivity contribution in [2.75, 3.05) is 12.3 Å². The number of hydrogen-bond acceptors (Lipinski definition) is 8. The number of aliphatic hydroxyl groups excluding tert-OH is 1. The Morgan fingerprint density at radius 3 is 2.67 bits per heavy atom. The first-order chi connectivity index (χ1) is 14.5. The minimum atomic E-state index is -0.250. The lowest BCUT2D eigenvalue weighted by molar-refractivity contribution is -0.122. The van der Waals surface area contributed by atoms with Crippen LogP contribution in [0.1, 0.15) is 30.2 Å². The van der Waals surface area contributed by atoms with E-state index in [4.69, 9.17) is 20.4 Å². The molecule has 9 heteroatoms. The first kappa shape index (κ1) is 22.8. The molecule has 2 aromatic heterocycles. The van der Waals surface area contributed by atoms with Crippen LogP contribution in [0.5, 0.6) is 5.75 Å². The van der Waals surface area contributed by atoms with Crippen LogP contribution in [0.4, 0.5) is 5.82 Å². The van der Waals surface area contributed by atoms with E-state index in [1.165, 1.54) is 11.3 Å². The molecule has 0 fully saturated rings. The van der Waals surface area contributed by atoms with Gasteiger partial charge in [0.1, 0.15) is 23.2 Å². The zero-order valence-corrected chi connectivity index (χ0v) is 17.4. The lowest BCUT2D eigenvalue weighted by Gasteiger charge is -2.13. The molecule has 30 heavy (non-hydrogen) atoms. The van der Waals surface area contributed by atoms with Gasteiger partial charge in [-0.05, 0) is 37.1 Å². The molecular formula is C21H22N4O4S. The Labute approximate surface area is 178 Å². The van der Waals surface area contributed by atoms with Crippen molar-refractivity contribution in [3.8, 4) is 33.5 Å². The van der Waals surface area contributed by atoms with Gasteiger partial charge in [-0.3, -0.25) is 4.79 Å². The second kappa shape index (κ2) is 10.9. The Morgan fingerprint density at radius 1 is 1.37 bits per heavy atom. The molecule has 4 N–H and O–H groups in total. The number of nitrogens with zero attached hydrogens (tertiary/aromatic N) is 3. The molecule has 0 aliphatic rings. The van der Waals surface area contributed by atoms with E-state index in [2.05, 4.69) is 16.0 Å². The third kappa shape index (κ3) is 5.11. The maximum atomic E-state index is 9.72. The molecule has 2 heterocycles. The summed E-state index contributed by atoms with van der Waals surface area (Å²) in [6, 6.07) is 9.49. The number of carboxylic acid groups (broad SMARTS) is 1. The molecule has 0 bridgehead atoms. The highest BCUT2D eigenvalue weighted by Gasteiger charge is 2.17. The molecular weight excluding hydrogens is 404 g/mol. The lowest BCUT2D eigenvalue weighted by Crippen LogP contribution is -2.02. The number of aryl methyl sites for hydroxylation is 1. The van der Waals surface area contributed by atoms with Gasteiger partial charge < -0.3 is 20.7 Å². The summed E-state index contributed by atoms with van der Waals surface area (Å²) < 4.78 is 5.68. The summed E-state index contributed by atoms with van der Waals surface area (Å²) in [4.78, 5) is 17.9. The SMILES string of the molecule is CCCOc1ccc(-c2cc(-c3scnc3C)nc(N)c2C#N)cc1CO.O=CO. The topological polar surface area (TPSA) is 142 Å². The van der Waals surface area contributed by atoms with Crippen LogP contribution in [-0.4, -0.2) is 33.3 Å². The number of anilines is 1. The van der Waals surface area contributed by atoms with E-state index in [0.717, 1.165) is 22.6 Å². The van der Waals surface area contributed by atoms with E-state index < -0.39 is 0 Å². The minimum Gasteiger partial charge on any atom is -0.493 e. The standard InChI is InChI=1S/C20H20N4O2S.CH2O2/c1-3-6-26-18-5-4-13(7-14(18)10-25)15-8-17(19-12(2)23-11-27-19)24-20(22)16(15)9-21;2-1-3/h4-5,7-8,11,25H,3,6,10H2,1-2H3,(H2,22,24);1H,(H,2,3). The summed E-state index contributed by atoms with van der Waals surface area (Å²) >= 11 is 1.48. The molecule has 3 rings (SSSR count). The summed E-state index contributed by atoms with van der Waals surface area (Å²) in [7, 11) is 0. The second-order valence-electron chi connectivity index (χ2n) is 6.13. The van der Waals surface area contributed by atoms with Crippen molar-refractivity contribution in [3.05, 3.63) is 46.6 Å². The van der Waals surface area contributed by atoms with E-state index >= 15 is 0 Å². The van der Waals surface area contributed by atoms with E-state index in [9.17, 15) is 10.4 Å². The van der Waals surface area contributed by atoms with E-state index in [-0.39, 0.29) is 18.9 Å². The highest BCUT2D eigenvalue weighted by molar-refractivity contribution is 7.13. The van der Waals surface area contributed by atoms with Crippen molar-refractivity contribution in [1.29, 1.82) is 5.26 Å². The fraction of sp³-hybridized carbons (Fsp3) is 0.238. The number of carbonyl (C=O) groups is 1. The first-order valence-electron chi connectivity index (χ1n) is 9.06. The highest BCUT2D eigenvalue weighted by Crippen LogP contribution is 2.35. The summed E-state index contributed by atoms with van der Waals surface area (Å²) in [6.45, 7) is 4.10. The molecule has 0 atom stereocenters. The lowest BCUT2D eigenvalue weighted by atomic mass is 9.97. The molecule has 0 spiro atoms.